The van der Waals surface area contributed by atoms with Gasteiger partial charge in [-0.1, -0.05) is 66.2 Å². The Morgan fingerprint density at radius 2 is 1.00 bits per heavy atom. The summed E-state index contributed by atoms with van der Waals surface area (Å²) < 4.78 is 3.19. The fourth-order valence-corrected chi connectivity index (χ4v) is 6.02. The van der Waals surface area contributed by atoms with Gasteiger partial charge in [0.05, 0.1) is 11.9 Å². The molecule has 0 aliphatic rings. The van der Waals surface area contributed by atoms with Crippen LogP contribution in [0.5, 0.6) is 0 Å². The van der Waals surface area contributed by atoms with E-state index < -0.39 is 11.9 Å². The normalized spacial score (nSPS) is 11.6. The Bertz CT molecular complexity index is 442. The van der Waals surface area contributed by atoms with Crippen LogP contribution in [-0.4, -0.2) is 33.1 Å². The molecule has 0 aliphatic heterocycles. The average molecular weight is 543 g/mol. The number of rotatable bonds is 18. The van der Waals surface area contributed by atoms with E-state index in [0.717, 1.165) is 38.5 Å². The Balaban J connectivity index is 0. The van der Waals surface area contributed by atoms with E-state index in [4.69, 9.17) is 0 Å². The summed E-state index contributed by atoms with van der Waals surface area (Å²) in [6.07, 6.45) is 10.8. The van der Waals surface area contributed by atoms with Gasteiger partial charge in [0.25, 0.3) is 0 Å². The van der Waals surface area contributed by atoms with Crippen LogP contribution < -0.4 is 10.2 Å². The number of carbonyl (C=O) groups excluding carboxylic acids is 2. The molecule has 0 aromatic carbocycles. The molecule has 0 bridgehead atoms. The Morgan fingerprint density at radius 3 is 1.26 bits per heavy atom. The summed E-state index contributed by atoms with van der Waals surface area (Å²) >= 11 is 0.181. The molecule has 5 heteroatoms. The van der Waals surface area contributed by atoms with Crippen LogP contribution >= 0.6 is 0 Å². The Labute approximate surface area is 202 Å². The summed E-state index contributed by atoms with van der Waals surface area (Å²) in [5, 5.41) is 22.7. The molecular weight excluding hydrogens is 495 g/mol. The van der Waals surface area contributed by atoms with Gasteiger partial charge < -0.3 is 19.8 Å². The molecule has 180 valence electrons. The third-order valence-electron chi connectivity index (χ3n) is 5.13. The summed E-state index contributed by atoms with van der Waals surface area (Å²) in [4.78, 5) is 22.7. The van der Waals surface area contributed by atoms with E-state index in [-0.39, 0.29) is 45.1 Å². The second-order valence-electron chi connectivity index (χ2n) is 9.27. The van der Waals surface area contributed by atoms with Crippen molar-refractivity contribution in [1.29, 1.82) is 0 Å². The van der Waals surface area contributed by atoms with Gasteiger partial charge in [-0.15, -0.1) is 0 Å². The number of aliphatic carboxylic acids is 2. The number of carbonyl (C=O) groups is 2. The molecule has 4 nitrogen and oxygen atoms in total. The maximum atomic E-state index is 11.3. The SMILES string of the molecule is CC(C)CCCCC/C(C(=O)[O-])=C(\CCCCCC(C)C)C(=O)[O-].CC[CH2][Sn+2][CH2]CC. The molecule has 0 atom stereocenters. The first-order valence-corrected chi connectivity index (χ1v) is 16.6. The average Bonchev–Trinajstić information content (AvgIpc) is 2.68. The van der Waals surface area contributed by atoms with E-state index in [1.54, 1.807) is 8.87 Å². The van der Waals surface area contributed by atoms with Crippen molar-refractivity contribution < 1.29 is 19.8 Å². The number of carboxylic acid groups (broad SMARTS) is 2. The zero-order valence-corrected chi connectivity index (χ0v) is 24.0. The predicted octanol–water partition coefficient (Wildman–Crippen LogP) is 5.34. The Kier molecular flexibility index (Phi) is 23.9. The minimum atomic E-state index is -1.36. The second-order valence-corrected chi connectivity index (χ2v) is 13.5. The van der Waals surface area contributed by atoms with Crippen LogP contribution in [0.4, 0.5) is 0 Å². The van der Waals surface area contributed by atoms with Crippen molar-refractivity contribution in [1.82, 2.24) is 0 Å². The van der Waals surface area contributed by atoms with Crippen molar-refractivity contribution >= 4 is 33.1 Å². The van der Waals surface area contributed by atoms with Gasteiger partial charge in [-0.2, -0.15) is 0 Å². The van der Waals surface area contributed by atoms with Gasteiger partial charge in [0.15, 0.2) is 0 Å². The molecular formula is C26H48O4Sn. The summed E-state index contributed by atoms with van der Waals surface area (Å²) in [6.45, 7) is 13.2. The Hall–Kier alpha value is -0.521. The number of hydrogen-bond donors (Lipinski definition) is 0. The number of unbranched alkanes of at least 4 members (excludes halogenated alkanes) is 4. The molecule has 0 rings (SSSR count). The van der Waals surface area contributed by atoms with E-state index in [9.17, 15) is 19.8 Å². The van der Waals surface area contributed by atoms with Crippen molar-refractivity contribution in [3.8, 4) is 0 Å². The van der Waals surface area contributed by atoms with E-state index in [1.807, 2.05) is 0 Å². The molecule has 0 fully saturated rings. The van der Waals surface area contributed by atoms with Crippen LogP contribution in [0.15, 0.2) is 11.1 Å². The molecule has 0 saturated carbocycles. The first-order valence-electron chi connectivity index (χ1n) is 12.5. The van der Waals surface area contributed by atoms with Gasteiger partial charge in [-0.05, 0) is 48.7 Å². The van der Waals surface area contributed by atoms with Gasteiger partial charge in [0.2, 0.25) is 0 Å². The summed E-state index contributed by atoms with van der Waals surface area (Å²) in [5.41, 5.74) is -0.133. The van der Waals surface area contributed by atoms with Gasteiger partial charge in [0.1, 0.15) is 0 Å². The zero-order valence-electron chi connectivity index (χ0n) is 21.2. The first kappa shape index (κ1) is 32.7. The second kappa shape index (κ2) is 22.7. The van der Waals surface area contributed by atoms with Gasteiger partial charge in [0, 0.05) is 0 Å². The van der Waals surface area contributed by atoms with Crippen LogP contribution in [0.2, 0.25) is 8.87 Å². The van der Waals surface area contributed by atoms with Gasteiger partial charge in [-0.3, -0.25) is 0 Å². The molecule has 0 N–H and O–H groups in total. The van der Waals surface area contributed by atoms with Crippen molar-refractivity contribution in [3.63, 3.8) is 0 Å². The molecule has 0 aliphatic carbocycles. The van der Waals surface area contributed by atoms with Crippen LogP contribution in [-0.2, 0) is 9.59 Å². The number of hydrogen-bond acceptors (Lipinski definition) is 4. The van der Waals surface area contributed by atoms with Crippen molar-refractivity contribution in [3.05, 3.63) is 11.1 Å². The van der Waals surface area contributed by atoms with Gasteiger partial charge >= 0.3 is 56.7 Å². The Morgan fingerprint density at radius 1 is 0.645 bits per heavy atom. The quantitative estimate of drug-likeness (QED) is 0.133. The number of carboxylic acids is 2. The van der Waals surface area contributed by atoms with Crippen LogP contribution in [0, 0.1) is 11.8 Å². The summed E-state index contributed by atoms with van der Waals surface area (Å²) in [5.74, 6) is -1.46. The maximum absolute atomic E-state index is 11.3. The van der Waals surface area contributed by atoms with Crippen LogP contribution in [0.25, 0.3) is 0 Å². The van der Waals surface area contributed by atoms with Crippen molar-refractivity contribution in [2.24, 2.45) is 11.8 Å². The monoisotopic (exact) mass is 544 g/mol. The molecule has 0 aromatic heterocycles. The van der Waals surface area contributed by atoms with E-state index in [2.05, 4.69) is 41.5 Å². The molecule has 0 heterocycles. The minimum absolute atomic E-state index is 0.0663. The van der Waals surface area contributed by atoms with E-state index >= 15 is 0 Å². The standard InChI is InChI=1S/C20H36O4.2C3H7.Sn/c1-15(2)11-7-5-9-13-17(19(21)22)18(20(23)24)14-10-6-8-12-16(3)4;2*1-3-2;/h15-16H,5-14H2,1-4H3,(H,21,22)(H,23,24);2*1,3H2,2H3;/q;;;+2/p-2/b18-17-;;;. The van der Waals surface area contributed by atoms with E-state index in [1.165, 1.54) is 12.8 Å². The van der Waals surface area contributed by atoms with Gasteiger partial charge in [-0.25, -0.2) is 0 Å². The van der Waals surface area contributed by atoms with Crippen molar-refractivity contribution in [2.75, 3.05) is 0 Å². The molecule has 0 spiro atoms. The summed E-state index contributed by atoms with van der Waals surface area (Å²) in [6, 6.07) is 0. The van der Waals surface area contributed by atoms with Crippen LogP contribution in [0.3, 0.4) is 0 Å². The molecule has 31 heavy (non-hydrogen) atoms. The topological polar surface area (TPSA) is 80.3 Å². The third-order valence-corrected chi connectivity index (χ3v) is 10.00. The molecule has 0 radical (unpaired) electrons. The molecule has 0 saturated heterocycles. The first-order chi connectivity index (χ1) is 14.7. The zero-order chi connectivity index (χ0) is 24.1. The molecule has 0 unspecified atom stereocenters. The fourth-order valence-electron chi connectivity index (χ4n) is 3.29. The third kappa shape index (κ3) is 22.5. The van der Waals surface area contributed by atoms with Crippen molar-refractivity contribution in [2.45, 2.75) is 127 Å². The van der Waals surface area contributed by atoms with Crippen LogP contribution in [0.1, 0.15) is 119 Å². The fraction of sp³-hybridized carbons (Fsp3) is 0.846. The predicted molar refractivity (Wildman–Crippen MR) is 129 cm³/mol. The van der Waals surface area contributed by atoms with E-state index in [0.29, 0.717) is 24.7 Å². The molecule has 0 aromatic rings. The molecule has 0 amide bonds. The summed E-state index contributed by atoms with van der Waals surface area (Å²) in [7, 11) is 0.